The molecule has 5 heteroatoms. The Labute approximate surface area is 149 Å². The smallest absolute Gasteiger partial charge is 0.251 e. The third kappa shape index (κ3) is 3.92. The second-order valence-electron chi connectivity index (χ2n) is 5.40. The molecule has 1 aromatic heterocycles. The Morgan fingerprint density at radius 3 is 2.54 bits per heavy atom. The minimum atomic E-state index is -0.0908. The van der Waals surface area contributed by atoms with E-state index in [0.29, 0.717) is 24.4 Å². The number of carbonyl (C=O) groups is 1. The summed E-state index contributed by atoms with van der Waals surface area (Å²) in [5.74, 6) is 1.31. The lowest BCUT2D eigenvalue weighted by Crippen LogP contribution is -2.25. The van der Waals surface area contributed by atoms with E-state index in [4.69, 9.17) is 4.42 Å². The van der Waals surface area contributed by atoms with Gasteiger partial charge in [-0.3, -0.25) is 4.79 Å². The maximum atomic E-state index is 12.1. The van der Waals surface area contributed by atoms with Gasteiger partial charge in [0, 0.05) is 28.6 Å². The molecule has 0 bridgehead atoms. The van der Waals surface area contributed by atoms with Crippen molar-refractivity contribution < 1.29 is 9.21 Å². The molecular weight excluding hydrogens is 368 g/mol. The summed E-state index contributed by atoms with van der Waals surface area (Å²) in [6, 6.07) is 17.1. The largest absolute Gasteiger partial charge is 0.441 e. The summed E-state index contributed by atoms with van der Waals surface area (Å²) in [7, 11) is 0. The average molecular weight is 385 g/mol. The summed E-state index contributed by atoms with van der Waals surface area (Å²) in [5, 5.41) is 2.91. The molecule has 3 rings (SSSR count). The Balaban J connectivity index is 1.60. The van der Waals surface area contributed by atoms with Crippen LogP contribution in [0.5, 0.6) is 0 Å². The lowest BCUT2D eigenvalue weighted by atomic mass is 10.2. The highest BCUT2D eigenvalue weighted by molar-refractivity contribution is 9.10. The standard InChI is InChI=1S/C19H17BrN2O2/c1-13-17(22-19(24-13)15-5-3-2-4-6-15)11-12-21-18(23)14-7-9-16(20)10-8-14/h2-10H,11-12H2,1H3,(H,21,23). The second-order valence-corrected chi connectivity index (χ2v) is 6.32. The summed E-state index contributed by atoms with van der Waals surface area (Å²) in [5.41, 5.74) is 2.45. The van der Waals surface area contributed by atoms with E-state index < -0.39 is 0 Å². The van der Waals surface area contributed by atoms with Gasteiger partial charge >= 0.3 is 0 Å². The quantitative estimate of drug-likeness (QED) is 0.709. The van der Waals surface area contributed by atoms with Crippen LogP contribution in [-0.2, 0) is 6.42 Å². The van der Waals surface area contributed by atoms with Crippen LogP contribution < -0.4 is 5.32 Å². The topological polar surface area (TPSA) is 55.1 Å². The molecule has 24 heavy (non-hydrogen) atoms. The van der Waals surface area contributed by atoms with E-state index in [0.717, 1.165) is 21.5 Å². The first-order valence-electron chi connectivity index (χ1n) is 7.69. The van der Waals surface area contributed by atoms with Crippen molar-refractivity contribution in [2.45, 2.75) is 13.3 Å². The van der Waals surface area contributed by atoms with E-state index in [9.17, 15) is 4.79 Å². The molecule has 0 saturated heterocycles. The van der Waals surface area contributed by atoms with Crippen molar-refractivity contribution in [1.29, 1.82) is 0 Å². The van der Waals surface area contributed by atoms with Gasteiger partial charge in [-0.25, -0.2) is 4.98 Å². The lowest BCUT2D eigenvalue weighted by molar-refractivity contribution is 0.0954. The molecule has 0 aliphatic rings. The number of halogens is 1. The van der Waals surface area contributed by atoms with Gasteiger partial charge in [0.2, 0.25) is 5.89 Å². The zero-order chi connectivity index (χ0) is 16.9. The molecule has 0 saturated carbocycles. The van der Waals surface area contributed by atoms with Gasteiger partial charge in [0.05, 0.1) is 5.69 Å². The number of aromatic nitrogens is 1. The number of oxazole rings is 1. The van der Waals surface area contributed by atoms with E-state index in [1.165, 1.54) is 0 Å². The van der Waals surface area contributed by atoms with Crippen LogP contribution in [-0.4, -0.2) is 17.4 Å². The molecule has 0 radical (unpaired) electrons. The number of hydrogen-bond acceptors (Lipinski definition) is 3. The summed E-state index contributed by atoms with van der Waals surface area (Å²) in [4.78, 5) is 16.6. The molecule has 1 heterocycles. The minimum Gasteiger partial charge on any atom is -0.441 e. The van der Waals surface area contributed by atoms with Crippen molar-refractivity contribution >= 4 is 21.8 Å². The molecule has 0 fully saturated rings. The predicted molar refractivity (Wildman–Crippen MR) is 96.9 cm³/mol. The highest BCUT2D eigenvalue weighted by Gasteiger charge is 2.12. The third-order valence-electron chi connectivity index (χ3n) is 3.67. The fourth-order valence-corrected chi connectivity index (χ4v) is 2.63. The summed E-state index contributed by atoms with van der Waals surface area (Å²) in [6.07, 6.45) is 0.629. The Morgan fingerprint density at radius 2 is 1.83 bits per heavy atom. The monoisotopic (exact) mass is 384 g/mol. The highest BCUT2D eigenvalue weighted by Crippen LogP contribution is 2.21. The summed E-state index contributed by atoms with van der Waals surface area (Å²) in [6.45, 7) is 2.40. The number of hydrogen-bond donors (Lipinski definition) is 1. The van der Waals surface area contributed by atoms with Crippen LogP contribution in [0.15, 0.2) is 63.5 Å². The number of nitrogens with zero attached hydrogens (tertiary/aromatic N) is 1. The molecule has 0 aliphatic heterocycles. The fraction of sp³-hybridized carbons (Fsp3) is 0.158. The molecule has 0 unspecified atom stereocenters. The zero-order valence-corrected chi connectivity index (χ0v) is 14.8. The number of aryl methyl sites for hydroxylation is 1. The Morgan fingerprint density at radius 1 is 1.12 bits per heavy atom. The van der Waals surface area contributed by atoms with Crippen molar-refractivity contribution in [2.24, 2.45) is 0 Å². The molecule has 1 amide bonds. The van der Waals surface area contributed by atoms with Gasteiger partial charge in [-0.15, -0.1) is 0 Å². The molecule has 4 nitrogen and oxygen atoms in total. The fourth-order valence-electron chi connectivity index (χ4n) is 2.36. The van der Waals surface area contributed by atoms with Crippen molar-refractivity contribution in [3.05, 3.63) is 76.1 Å². The van der Waals surface area contributed by atoms with Crippen molar-refractivity contribution in [3.63, 3.8) is 0 Å². The van der Waals surface area contributed by atoms with Gasteiger partial charge < -0.3 is 9.73 Å². The van der Waals surface area contributed by atoms with Crippen molar-refractivity contribution in [1.82, 2.24) is 10.3 Å². The number of carbonyl (C=O) groups excluding carboxylic acids is 1. The Bertz CT molecular complexity index is 826. The van der Waals surface area contributed by atoms with Gasteiger partial charge in [-0.1, -0.05) is 34.1 Å². The SMILES string of the molecule is Cc1oc(-c2ccccc2)nc1CCNC(=O)c1ccc(Br)cc1. The van der Waals surface area contributed by atoms with Crippen molar-refractivity contribution in [3.8, 4) is 11.5 Å². The van der Waals surface area contributed by atoms with Gasteiger partial charge in [0.15, 0.2) is 0 Å². The van der Waals surface area contributed by atoms with E-state index in [2.05, 4.69) is 26.2 Å². The van der Waals surface area contributed by atoms with Crippen LogP contribution in [0.4, 0.5) is 0 Å². The summed E-state index contributed by atoms with van der Waals surface area (Å²) >= 11 is 3.36. The van der Waals surface area contributed by atoms with E-state index in [-0.39, 0.29) is 5.91 Å². The maximum Gasteiger partial charge on any atom is 0.251 e. The van der Waals surface area contributed by atoms with Crippen LogP contribution in [0, 0.1) is 6.92 Å². The maximum absolute atomic E-state index is 12.1. The van der Waals surface area contributed by atoms with Crippen LogP contribution >= 0.6 is 15.9 Å². The van der Waals surface area contributed by atoms with E-state index in [1.54, 1.807) is 12.1 Å². The third-order valence-corrected chi connectivity index (χ3v) is 4.20. The highest BCUT2D eigenvalue weighted by atomic mass is 79.9. The molecule has 0 aliphatic carbocycles. The normalized spacial score (nSPS) is 10.6. The first kappa shape index (κ1) is 16.5. The number of benzene rings is 2. The first-order chi connectivity index (χ1) is 11.6. The molecule has 3 aromatic rings. The van der Waals surface area contributed by atoms with Gasteiger partial charge in [0.1, 0.15) is 5.76 Å². The second kappa shape index (κ2) is 7.45. The minimum absolute atomic E-state index is 0.0908. The molecular formula is C19H17BrN2O2. The van der Waals surface area contributed by atoms with Gasteiger partial charge in [-0.05, 0) is 43.3 Å². The molecule has 1 N–H and O–H groups in total. The van der Waals surface area contributed by atoms with E-state index >= 15 is 0 Å². The Kier molecular flexibility index (Phi) is 5.11. The Hall–Kier alpha value is -2.40. The van der Waals surface area contributed by atoms with Crippen LogP contribution in [0.2, 0.25) is 0 Å². The predicted octanol–water partition coefficient (Wildman–Crippen LogP) is 4.39. The molecule has 0 spiro atoms. The van der Waals surface area contributed by atoms with Crippen LogP contribution in [0.1, 0.15) is 21.8 Å². The number of amides is 1. The van der Waals surface area contributed by atoms with Crippen molar-refractivity contribution in [2.75, 3.05) is 6.54 Å². The molecule has 0 atom stereocenters. The van der Waals surface area contributed by atoms with Crippen LogP contribution in [0.3, 0.4) is 0 Å². The number of nitrogens with one attached hydrogen (secondary N) is 1. The molecule has 2 aromatic carbocycles. The van der Waals surface area contributed by atoms with Gasteiger partial charge in [-0.2, -0.15) is 0 Å². The van der Waals surface area contributed by atoms with Gasteiger partial charge in [0.25, 0.3) is 5.91 Å². The number of rotatable bonds is 5. The lowest BCUT2D eigenvalue weighted by Gasteiger charge is -2.04. The summed E-state index contributed by atoms with van der Waals surface area (Å²) < 4.78 is 6.68. The first-order valence-corrected chi connectivity index (χ1v) is 8.48. The van der Waals surface area contributed by atoms with E-state index in [1.807, 2.05) is 49.4 Å². The average Bonchev–Trinajstić information content (AvgIpc) is 2.97. The molecule has 122 valence electrons. The zero-order valence-electron chi connectivity index (χ0n) is 13.3. The van der Waals surface area contributed by atoms with Crippen LogP contribution in [0.25, 0.3) is 11.5 Å².